The average molecular weight is 825 g/mol. The van der Waals surface area contributed by atoms with Gasteiger partial charge in [0.25, 0.3) is 0 Å². The van der Waals surface area contributed by atoms with Crippen LogP contribution >= 0.6 is 12.6 Å². The van der Waals surface area contributed by atoms with Crippen molar-refractivity contribution in [3.05, 3.63) is 183 Å². The molecule has 5 aromatic carbocycles. The molecule has 3 heteroatoms. The van der Waals surface area contributed by atoms with Crippen molar-refractivity contribution in [1.82, 2.24) is 0 Å². The molecule has 0 heterocycles. The summed E-state index contributed by atoms with van der Waals surface area (Å²) in [5.41, 5.74) is 19.6. The third-order valence-corrected chi connectivity index (χ3v) is 13.3. The Bertz CT molecular complexity index is 2560. The van der Waals surface area contributed by atoms with Crippen LogP contribution in [0, 0.1) is 19.3 Å². The van der Waals surface area contributed by atoms with E-state index in [2.05, 4.69) is 234 Å². The molecule has 316 valence electrons. The maximum atomic E-state index is 5.28. The van der Waals surface area contributed by atoms with Gasteiger partial charge in [0.15, 0.2) is 0 Å². The molecule has 0 spiro atoms. The lowest BCUT2D eigenvalue weighted by Gasteiger charge is -2.35. The number of hydrogen-bond donors (Lipinski definition) is 1. The van der Waals surface area contributed by atoms with E-state index < -0.39 is 0 Å². The van der Waals surface area contributed by atoms with Crippen LogP contribution in [0.3, 0.4) is 0 Å². The molecule has 2 nitrogen and oxygen atoms in total. The van der Waals surface area contributed by atoms with Crippen LogP contribution in [0.4, 0.5) is 28.4 Å². The van der Waals surface area contributed by atoms with Crippen molar-refractivity contribution >= 4 is 46.6 Å². The monoisotopic (exact) mass is 825 g/mol. The van der Waals surface area contributed by atoms with E-state index in [9.17, 15) is 0 Å². The maximum absolute atomic E-state index is 5.28. The van der Waals surface area contributed by atoms with E-state index in [-0.39, 0.29) is 21.7 Å². The molecule has 0 amide bonds. The number of hydrogen-bond acceptors (Lipinski definition) is 3. The molecule has 61 heavy (non-hydrogen) atoms. The Kier molecular flexibility index (Phi) is 11.8. The second-order valence-electron chi connectivity index (χ2n) is 21.0. The van der Waals surface area contributed by atoms with Crippen molar-refractivity contribution in [3.8, 4) is 0 Å². The minimum absolute atomic E-state index is 0.0213. The SMILES string of the molecule is CC1=C(N(c2ccc(C(C)(C)C)cc2)c2cc(S)cc(N(c3ccc(C(C)(C)C)cc3)c3ccc(C(C)(C)C)cc3C)c2C)C(c2ccccc2)=C(C2=CCCC=C2)C1(C)C. The normalized spacial score (nSPS) is 15.7. The highest BCUT2D eigenvalue weighted by molar-refractivity contribution is 7.80. The number of nitrogens with zero attached hydrogens (tertiary/aromatic N) is 2. The first-order valence-electron chi connectivity index (χ1n) is 22.2. The molecular formula is C58H68N2S. The fraction of sp³-hybridized carbons (Fsp3) is 0.345. The predicted octanol–water partition coefficient (Wildman–Crippen LogP) is 17.1. The minimum atomic E-state index is -0.236. The van der Waals surface area contributed by atoms with Gasteiger partial charge < -0.3 is 9.80 Å². The van der Waals surface area contributed by atoms with Crippen LogP contribution in [0.2, 0.25) is 0 Å². The van der Waals surface area contributed by atoms with Gasteiger partial charge in [-0.15, -0.1) is 12.6 Å². The van der Waals surface area contributed by atoms with Gasteiger partial charge in [-0.2, -0.15) is 0 Å². The molecule has 0 bridgehead atoms. The van der Waals surface area contributed by atoms with Crippen LogP contribution in [-0.2, 0) is 16.2 Å². The van der Waals surface area contributed by atoms with Crippen LogP contribution in [0.1, 0.15) is 129 Å². The Morgan fingerprint density at radius 3 is 1.56 bits per heavy atom. The number of rotatable bonds is 8. The van der Waals surface area contributed by atoms with Gasteiger partial charge in [0.1, 0.15) is 0 Å². The molecule has 0 atom stereocenters. The van der Waals surface area contributed by atoms with Gasteiger partial charge >= 0.3 is 0 Å². The van der Waals surface area contributed by atoms with Crippen LogP contribution in [-0.4, -0.2) is 0 Å². The Morgan fingerprint density at radius 1 is 0.557 bits per heavy atom. The number of aryl methyl sites for hydroxylation is 1. The van der Waals surface area contributed by atoms with Gasteiger partial charge in [-0.1, -0.05) is 161 Å². The lowest BCUT2D eigenvalue weighted by atomic mass is 9.76. The quantitative estimate of drug-likeness (QED) is 0.156. The molecule has 7 rings (SSSR count). The summed E-state index contributed by atoms with van der Waals surface area (Å²) in [7, 11) is 0. The first-order chi connectivity index (χ1) is 28.6. The third-order valence-electron chi connectivity index (χ3n) is 13.1. The van der Waals surface area contributed by atoms with Crippen LogP contribution < -0.4 is 9.80 Å². The van der Waals surface area contributed by atoms with Crippen LogP contribution in [0.15, 0.2) is 155 Å². The average Bonchev–Trinajstić information content (AvgIpc) is 3.41. The molecule has 0 radical (unpaired) electrons. The Balaban J connectivity index is 1.55. The summed E-state index contributed by atoms with van der Waals surface area (Å²) in [6.07, 6.45) is 9.28. The minimum Gasteiger partial charge on any atom is -0.310 e. The number of thiol groups is 1. The van der Waals surface area contributed by atoms with Crippen molar-refractivity contribution in [2.45, 2.75) is 131 Å². The zero-order valence-corrected chi connectivity index (χ0v) is 40.3. The summed E-state index contributed by atoms with van der Waals surface area (Å²) in [6, 6.07) is 41.1. The highest BCUT2D eigenvalue weighted by atomic mass is 32.1. The summed E-state index contributed by atoms with van der Waals surface area (Å²) in [6.45, 7) is 32.3. The number of anilines is 5. The summed E-state index contributed by atoms with van der Waals surface area (Å²) in [4.78, 5) is 5.93. The zero-order chi connectivity index (χ0) is 44.2. The highest BCUT2D eigenvalue weighted by Crippen LogP contribution is 2.57. The Hall–Kier alpha value is -4.99. The molecule has 2 aliphatic rings. The molecule has 0 fully saturated rings. The van der Waals surface area contributed by atoms with Gasteiger partial charge in [-0.25, -0.2) is 0 Å². The summed E-state index contributed by atoms with van der Waals surface area (Å²) in [5.74, 6) is 0. The van der Waals surface area contributed by atoms with E-state index in [0.717, 1.165) is 46.2 Å². The molecule has 0 unspecified atom stereocenters. The molecule has 5 aromatic rings. The Labute approximate surface area is 374 Å². The van der Waals surface area contributed by atoms with Gasteiger partial charge in [-0.05, 0) is 142 Å². The largest absolute Gasteiger partial charge is 0.310 e. The van der Waals surface area contributed by atoms with Gasteiger partial charge in [0, 0.05) is 32.9 Å². The van der Waals surface area contributed by atoms with E-state index in [0.29, 0.717) is 0 Å². The molecule has 0 N–H and O–H groups in total. The van der Waals surface area contributed by atoms with Crippen LogP contribution in [0.25, 0.3) is 5.57 Å². The van der Waals surface area contributed by atoms with E-state index in [1.165, 1.54) is 61.4 Å². The number of benzene rings is 5. The molecule has 0 saturated heterocycles. The standard InChI is InChI=1S/C58H68N2S/c1-38-35-45(57(10,11)12)29-34-49(38)59(46-30-25-43(26-31-46)55(4,5)6)50-36-48(61)37-51(39(50)2)60(47-32-27-44(28-33-47)56(7,8)9)54-40(3)58(13,14)53(42-23-19-16-20-24-42)52(54)41-21-17-15-18-22-41/h15,17-19,21-37,61H,16,20H2,1-14H3. The van der Waals surface area contributed by atoms with Gasteiger partial charge in [0.05, 0.1) is 17.1 Å². The maximum Gasteiger partial charge on any atom is 0.0541 e. The van der Waals surface area contributed by atoms with E-state index >= 15 is 0 Å². The fourth-order valence-corrected chi connectivity index (χ4v) is 9.34. The van der Waals surface area contributed by atoms with Crippen molar-refractivity contribution in [3.63, 3.8) is 0 Å². The first kappa shape index (κ1) is 44.1. The lowest BCUT2D eigenvalue weighted by Crippen LogP contribution is -2.22. The van der Waals surface area contributed by atoms with Gasteiger partial charge in [-0.3, -0.25) is 0 Å². The van der Waals surface area contributed by atoms with Crippen molar-refractivity contribution in [1.29, 1.82) is 0 Å². The van der Waals surface area contributed by atoms with E-state index in [1.807, 2.05) is 0 Å². The first-order valence-corrected chi connectivity index (χ1v) is 22.7. The van der Waals surface area contributed by atoms with Crippen LogP contribution in [0.5, 0.6) is 0 Å². The van der Waals surface area contributed by atoms with E-state index in [1.54, 1.807) is 0 Å². The second-order valence-corrected chi connectivity index (χ2v) is 21.5. The van der Waals surface area contributed by atoms with Crippen molar-refractivity contribution in [2.24, 2.45) is 5.41 Å². The Morgan fingerprint density at radius 2 is 1.07 bits per heavy atom. The van der Waals surface area contributed by atoms with Crippen molar-refractivity contribution in [2.75, 3.05) is 9.80 Å². The zero-order valence-electron chi connectivity index (χ0n) is 39.4. The molecule has 0 aliphatic heterocycles. The fourth-order valence-electron chi connectivity index (χ4n) is 9.10. The smallest absolute Gasteiger partial charge is 0.0541 e. The topological polar surface area (TPSA) is 6.48 Å². The van der Waals surface area contributed by atoms with Gasteiger partial charge in [0.2, 0.25) is 0 Å². The van der Waals surface area contributed by atoms with E-state index in [4.69, 9.17) is 12.6 Å². The molecule has 0 aromatic heterocycles. The summed E-state index contributed by atoms with van der Waals surface area (Å²) in [5, 5.41) is 0. The third kappa shape index (κ3) is 8.61. The lowest BCUT2D eigenvalue weighted by molar-refractivity contribution is 0.556. The highest BCUT2D eigenvalue weighted by Gasteiger charge is 2.42. The van der Waals surface area contributed by atoms with Crippen molar-refractivity contribution < 1.29 is 0 Å². The summed E-state index contributed by atoms with van der Waals surface area (Å²) < 4.78 is 0. The molecular weight excluding hydrogens is 757 g/mol. The molecule has 2 aliphatic carbocycles. The second kappa shape index (κ2) is 16.4. The summed E-state index contributed by atoms with van der Waals surface area (Å²) >= 11 is 5.28. The number of allylic oxidation sites excluding steroid dienone is 7. The molecule has 0 saturated carbocycles. The predicted molar refractivity (Wildman–Crippen MR) is 269 cm³/mol.